The molecule has 16 heavy (non-hydrogen) atoms. The smallest absolute Gasteiger partial charge is 0.0206 e. The highest BCUT2D eigenvalue weighted by atomic mass is 32.1. The summed E-state index contributed by atoms with van der Waals surface area (Å²) >= 11 is 4.17. The molecule has 0 amide bonds. The zero-order valence-electron chi connectivity index (χ0n) is 9.53. The number of thiol groups is 1. The van der Waals surface area contributed by atoms with E-state index in [-0.39, 0.29) is 0 Å². The summed E-state index contributed by atoms with van der Waals surface area (Å²) in [6.45, 7) is 4.00. The monoisotopic (exact) mass is 231 g/mol. The van der Waals surface area contributed by atoms with Crippen LogP contribution in [-0.4, -0.2) is 12.3 Å². The van der Waals surface area contributed by atoms with Gasteiger partial charge in [0.15, 0.2) is 0 Å². The van der Waals surface area contributed by atoms with Crippen LogP contribution in [0.2, 0.25) is 0 Å². The second kappa shape index (κ2) is 5.37. The Morgan fingerprint density at radius 3 is 2.62 bits per heavy atom. The summed E-state index contributed by atoms with van der Waals surface area (Å²) in [6, 6.07) is 13.2. The van der Waals surface area contributed by atoms with Gasteiger partial charge in [-0.25, -0.2) is 0 Å². The van der Waals surface area contributed by atoms with Crippen LogP contribution in [0.3, 0.4) is 0 Å². The van der Waals surface area contributed by atoms with Crippen molar-refractivity contribution >= 4 is 23.4 Å². The minimum atomic E-state index is 0.882. The van der Waals surface area contributed by atoms with Crippen LogP contribution in [0.5, 0.6) is 0 Å². The largest absolute Gasteiger partial charge is 0.312 e. The molecule has 0 heterocycles. The first kappa shape index (κ1) is 11.5. The van der Waals surface area contributed by atoms with Crippen molar-refractivity contribution in [2.24, 2.45) is 0 Å². The van der Waals surface area contributed by atoms with Crippen molar-refractivity contribution in [1.29, 1.82) is 0 Å². The average Bonchev–Trinajstić information content (AvgIpc) is 2.29. The molecule has 2 aromatic carbocycles. The summed E-state index contributed by atoms with van der Waals surface area (Å²) in [5.41, 5.74) is 2.64. The summed E-state index contributed by atoms with van der Waals surface area (Å²) in [6.07, 6.45) is 0. The number of fused-ring (bicyclic) bond motifs is 1. The van der Waals surface area contributed by atoms with Crippen LogP contribution in [0, 0.1) is 6.92 Å². The lowest BCUT2D eigenvalue weighted by Gasteiger charge is -2.05. The number of rotatable bonds is 4. The minimum Gasteiger partial charge on any atom is -0.312 e. The predicted molar refractivity (Wildman–Crippen MR) is 74.2 cm³/mol. The summed E-state index contributed by atoms with van der Waals surface area (Å²) in [5.74, 6) is 0.882. The summed E-state index contributed by atoms with van der Waals surface area (Å²) < 4.78 is 0. The van der Waals surface area contributed by atoms with Gasteiger partial charge in [-0.05, 0) is 29.3 Å². The van der Waals surface area contributed by atoms with E-state index in [1.54, 1.807) is 0 Å². The molecule has 0 spiro atoms. The zero-order valence-corrected chi connectivity index (χ0v) is 10.4. The fraction of sp³-hybridized carbons (Fsp3) is 0.286. The van der Waals surface area contributed by atoms with Crippen LogP contribution >= 0.6 is 12.6 Å². The van der Waals surface area contributed by atoms with Crippen molar-refractivity contribution in [3.05, 3.63) is 47.5 Å². The summed E-state index contributed by atoms with van der Waals surface area (Å²) in [7, 11) is 0. The molecular weight excluding hydrogens is 214 g/mol. The molecule has 0 atom stereocenters. The zero-order chi connectivity index (χ0) is 11.4. The topological polar surface area (TPSA) is 12.0 Å². The Balaban J connectivity index is 2.20. The van der Waals surface area contributed by atoms with Crippen LogP contribution in [0.15, 0.2) is 36.4 Å². The Hall–Kier alpha value is -0.990. The molecule has 2 aromatic rings. The highest BCUT2D eigenvalue weighted by molar-refractivity contribution is 7.80. The van der Waals surface area contributed by atoms with Gasteiger partial charge in [0.25, 0.3) is 0 Å². The van der Waals surface area contributed by atoms with Gasteiger partial charge in [0.1, 0.15) is 0 Å². The Bertz CT molecular complexity index is 479. The quantitative estimate of drug-likeness (QED) is 0.608. The van der Waals surface area contributed by atoms with E-state index in [1.165, 1.54) is 21.9 Å². The standard InChI is InChI=1S/C14H17NS/c1-11-2-4-14-9-12(10-15-6-7-16)3-5-13(14)8-11/h2-5,8-9,15-16H,6-7,10H2,1H3. The van der Waals surface area contributed by atoms with Crippen molar-refractivity contribution in [3.8, 4) is 0 Å². The first-order valence-corrected chi connectivity index (χ1v) is 6.24. The summed E-state index contributed by atoms with van der Waals surface area (Å²) in [5, 5.41) is 5.98. The Labute approximate surface area is 102 Å². The SMILES string of the molecule is Cc1ccc2cc(CNCCS)ccc2c1. The van der Waals surface area contributed by atoms with Gasteiger partial charge in [-0.3, -0.25) is 0 Å². The van der Waals surface area contributed by atoms with Gasteiger partial charge < -0.3 is 5.32 Å². The maximum absolute atomic E-state index is 4.17. The van der Waals surface area contributed by atoms with E-state index < -0.39 is 0 Å². The third-order valence-corrected chi connectivity index (χ3v) is 2.90. The van der Waals surface area contributed by atoms with E-state index in [1.807, 2.05) is 0 Å². The molecule has 84 valence electrons. The second-order valence-electron chi connectivity index (χ2n) is 4.09. The van der Waals surface area contributed by atoms with Gasteiger partial charge in [-0.1, -0.05) is 35.9 Å². The van der Waals surface area contributed by atoms with Crippen LogP contribution < -0.4 is 5.32 Å². The van der Waals surface area contributed by atoms with E-state index in [4.69, 9.17) is 0 Å². The van der Waals surface area contributed by atoms with Crippen molar-refractivity contribution < 1.29 is 0 Å². The fourth-order valence-electron chi connectivity index (χ4n) is 1.84. The average molecular weight is 231 g/mol. The van der Waals surface area contributed by atoms with Crippen molar-refractivity contribution in [2.75, 3.05) is 12.3 Å². The van der Waals surface area contributed by atoms with E-state index in [9.17, 15) is 0 Å². The number of aryl methyl sites for hydroxylation is 1. The highest BCUT2D eigenvalue weighted by Gasteiger charge is 1.96. The molecule has 1 nitrogen and oxygen atoms in total. The van der Waals surface area contributed by atoms with E-state index in [0.717, 1.165) is 18.8 Å². The number of hydrogen-bond donors (Lipinski definition) is 2. The number of nitrogens with one attached hydrogen (secondary N) is 1. The first-order valence-electron chi connectivity index (χ1n) is 5.60. The maximum Gasteiger partial charge on any atom is 0.0206 e. The normalized spacial score (nSPS) is 10.9. The van der Waals surface area contributed by atoms with Crippen molar-refractivity contribution in [3.63, 3.8) is 0 Å². The molecule has 0 saturated carbocycles. The lowest BCUT2D eigenvalue weighted by molar-refractivity contribution is 0.734. The van der Waals surface area contributed by atoms with Crippen molar-refractivity contribution in [1.82, 2.24) is 5.32 Å². The lowest BCUT2D eigenvalue weighted by Crippen LogP contribution is -2.15. The lowest BCUT2D eigenvalue weighted by atomic mass is 10.0. The van der Waals surface area contributed by atoms with Crippen molar-refractivity contribution in [2.45, 2.75) is 13.5 Å². The van der Waals surface area contributed by atoms with Gasteiger partial charge in [0.2, 0.25) is 0 Å². The van der Waals surface area contributed by atoms with Gasteiger partial charge in [0.05, 0.1) is 0 Å². The van der Waals surface area contributed by atoms with Crippen LogP contribution in [0.25, 0.3) is 10.8 Å². The maximum atomic E-state index is 4.17. The molecule has 0 aromatic heterocycles. The van der Waals surface area contributed by atoms with Crippen LogP contribution in [0.4, 0.5) is 0 Å². The van der Waals surface area contributed by atoms with E-state index in [0.29, 0.717) is 0 Å². The highest BCUT2D eigenvalue weighted by Crippen LogP contribution is 2.17. The minimum absolute atomic E-state index is 0.882. The molecule has 0 aliphatic heterocycles. The molecular formula is C14H17NS. The number of hydrogen-bond acceptors (Lipinski definition) is 2. The molecule has 0 aliphatic rings. The molecule has 2 heteroatoms. The molecule has 0 fully saturated rings. The Morgan fingerprint density at radius 1 is 1.06 bits per heavy atom. The molecule has 0 aliphatic carbocycles. The molecule has 0 saturated heterocycles. The van der Waals surface area contributed by atoms with Gasteiger partial charge in [-0.2, -0.15) is 12.6 Å². The molecule has 0 radical (unpaired) electrons. The third kappa shape index (κ3) is 2.77. The van der Waals surface area contributed by atoms with Crippen LogP contribution in [-0.2, 0) is 6.54 Å². The summed E-state index contributed by atoms with van der Waals surface area (Å²) in [4.78, 5) is 0. The Morgan fingerprint density at radius 2 is 1.81 bits per heavy atom. The van der Waals surface area contributed by atoms with Gasteiger partial charge in [-0.15, -0.1) is 0 Å². The second-order valence-corrected chi connectivity index (χ2v) is 4.53. The predicted octanol–water partition coefficient (Wildman–Crippen LogP) is 3.17. The third-order valence-electron chi connectivity index (χ3n) is 2.68. The molecule has 2 rings (SSSR count). The number of benzene rings is 2. The van der Waals surface area contributed by atoms with Crippen LogP contribution in [0.1, 0.15) is 11.1 Å². The Kier molecular flexibility index (Phi) is 3.86. The van der Waals surface area contributed by atoms with Gasteiger partial charge in [0, 0.05) is 18.8 Å². The van der Waals surface area contributed by atoms with Gasteiger partial charge >= 0.3 is 0 Å². The molecule has 0 bridgehead atoms. The first-order chi connectivity index (χ1) is 7.79. The molecule has 0 unspecified atom stereocenters. The van der Waals surface area contributed by atoms with E-state index >= 15 is 0 Å². The fourth-order valence-corrected chi connectivity index (χ4v) is 1.99. The van der Waals surface area contributed by atoms with E-state index in [2.05, 4.69) is 61.3 Å². The molecule has 1 N–H and O–H groups in total.